The van der Waals surface area contributed by atoms with Crippen LogP contribution in [0.4, 0.5) is 5.69 Å². The summed E-state index contributed by atoms with van der Waals surface area (Å²) in [5.41, 5.74) is 2.29. The summed E-state index contributed by atoms with van der Waals surface area (Å²) in [7, 11) is 3.07. The molecule has 1 saturated heterocycles. The molecule has 3 rings (SSSR count). The standard InChI is InChI=1S/C25H30N2O5/c1-5-26(6-2)19-12-10-17(11-13-19)22-21(24(29)25(30)27(22)14-15-31-3)23(28)18-8-7-9-20(16-18)32-4/h7-13,16,22,28H,5-6,14-15H2,1-4H3/b23-21-. The summed E-state index contributed by atoms with van der Waals surface area (Å²) in [6, 6.07) is 13.8. The van der Waals surface area contributed by atoms with Crippen molar-refractivity contribution in [2.75, 3.05) is 45.4 Å². The van der Waals surface area contributed by atoms with Gasteiger partial charge in [0.05, 0.1) is 25.3 Å². The molecule has 32 heavy (non-hydrogen) atoms. The average Bonchev–Trinajstić information content (AvgIpc) is 3.08. The lowest BCUT2D eigenvalue weighted by Crippen LogP contribution is -2.32. The second kappa shape index (κ2) is 10.3. The average molecular weight is 439 g/mol. The minimum absolute atomic E-state index is 0.0648. The Morgan fingerprint density at radius 1 is 1.06 bits per heavy atom. The van der Waals surface area contributed by atoms with Gasteiger partial charge in [-0.3, -0.25) is 9.59 Å². The lowest BCUT2D eigenvalue weighted by atomic mass is 9.95. The zero-order valence-corrected chi connectivity index (χ0v) is 19.0. The lowest BCUT2D eigenvalue weighted by molar-refractivity contribution is -0.140. The van der Waals surface area contributed by atoms with Gasteiger partial charge in [-0.05, 0) is 43.7 Å². The maximum atomic E-state index is 13.0. The maximum Gasteiger partial charge on any atom is 0.295 e. The first-order chi connectivity index (χ1) is 15.5. The Labute approximate surface area is 188 Å². The highest BCUT2D eigenvalue weighted by Crippen LogP contribution is 2.40. The summed E-state index contributed by atoms with van der Waals surface area (Å²) in [6.07, 6.45) is 0. The summed E-state index contributed by atoms with van der Waals surface area (Å²) in [6.45, 7) is 6.44. The van der Waals surface area contributed by atoms with E-state index in [0.29, 0.717) is 11.3 Å². The number of hydrogen-bond donors (Lipinski definition) is 1. The van der Waals surface area contributed by atoms with Gasteiger partial charge in [0.25, 0.3) is 11.7 Å². The quantitative estimate of drug-likeness (QED) is 0.366. The molecular formula is C25H30N2O5. The van der Waals surface area contributed by atoms with E-state index < -0.39 is 17.7 Å². The van der Waals surface area contributed by atoms with E-state index in [9.17, 15) is 14.7 Å². The Morgan fingerprint density at radius 2 is 1.75 bits per heavy atom. The summed E-state index contributed by atoms with van der Waals surface area (Å²) < 4.78 is 10.4. The highest BCUT2D eigenvalue weighted by atomic mass is 16.5. The van der Waals surface area contributed by atoms with E-state index in [2.05, 4.69) is 18.7 Å². The van der Waals surface area contributed by atoms with Crippen molar-refractivity contribution in [3.05, 3.63) is 65.2 Å². The molecule has 170 valence electrons. The number of rotatable bonds is 9. The largest absolute Gasteiger partial charge is 0.507 e. The zero-order valence-electron chi connectivity index (χ0n) is 19.0. The Bertz CT molecular complexity index is 996. The molecule has 0 aromatic heterocycles. The lowest BCUT2D eigenvalue weighted by Gasteiger charge is -2.26. The third-order valence-corrected chi connectivity index (χ3v) is 5.76. The fraction of sp³-hybridized carbons (Fsp3) is 0.360. The molecule has 1 aliphatic heterocycles. The Hall–Kier alpha value is -3.32. The summed E-state index contributed by atoms with van der Waals surface area (Å²) >= 11 is 0. The van der Waals surface area contributed by atoms with E-state index in [1.54, 1.807) is 31.4 Å². The second-order valence-electron chi connectivity index (χ2n) is 7.48. The Kier molecular flexibility index (Phi) is 7.53. The van der Waals surface area contributed by atoms with Crippen molar-refractivity contribution in [2.45, 2.75) is 19.9 Å². The number of benzene rings is 2. The van der Waals surface area contributed by atoms with Gasteiger partial charge >= 0.3 is 0 Å². The van der Waals surface area contributed by atoms with Crippen LogP contribution in [0.3, 0.4) is 0 Å². The molecule has 7 heteroatoms. The van der Waals surface area contributed by atoms with E-state index >= 15 is 0 Å². The molecule has 0 radical (unpaired) electrons. The van der Waals surface area contributed by atoms with Crippen LogP contribution in [-0.2, 0) is 14.3 Å². The van der Waals surface area contributed by atoms with Crippen LogP contribution in [0.1, 0.15) is 31.0 Å². The predicted molar refractivity (Wildman–Crippen MR) is 124 cm³/mol. The van der Waals surface area contributed by atoms with Gasteiger partial charge in [-0.15, -0.1) is 0 Å². The van der Waals surface area contributed by atoms with Crippen molar-refractivity contribution in [3.8, 4) is 5.75 Å². The Morgan fingerprint density at radius 3 is 2.34 bits per heavy atom. The number of carbonyl (C=O) groups is 2. The van der Waals surface area contributed by atoms with E-state index in [1.807, 2.05) is 24.3 Å². The fourth-order valence-electron chi connectivity index (χ4n) is 4.03. The van der Waals surface area contributed by atoms with Crippen molar-refractivity contribution in [2.24, 2.45) is 0 Å². The number of anilines is 1. The predicted octanol–water partition coefficient (Wildman–Crippen LogP) is 3.61. The van der Waals surface area contributed by atoms with E-state index in [4.69, 9.17) is 9.47 Å². The van der Waals surface area contributed by atoms with Crippen LogP contribution < -0.4 is 9.64 Å². The summed E-state index contributed by atoms with van der Waals surface area (Å²) in [5.74, 6) is -1.04. The van der Waals surface area contributed by atoms with Crippen molar-refractivity contribution in [1.82, 2.24) is 4.90 Å². The summed E-state index contributed by atoms with van der Waals surface area (Å²) in [5, 5.41) is 11.1. The number of amides is 1. The smallest absolute Gasteiger partial charge is 0.295 e. The van der Waals surface area contributed by atoms with Gasteiger partial charge in [0.2, 0.25) is 0 Å². The number of carbonyl (C=O) groups excluding carboxylic acids is 2. The molecule has 0 saturated carbocycles. The topological polar surface area (TPSA) is 79.3 Å². The summed E-state index contributed by atoms with van der Waals surface area (Å²) in [4.78, 5) is 29.6. The number of nitrogens with zero attached hydrogens (tertiary/aromatic N) is 2. The van der Waals surface area contributed by atoms with Gasteiger partial charge in [-0.25, -0.2) is 0 Å². The van der Waals surface area contributed by atoms with Crippen LogP contribution in [0, 0.1) is 0 Å². The van der Waals surface area contributed by atoms with E-state index in [1.165, 1.54) is 12.0 Å². The highest BCUT2D eigenvalue weighted by molar-refractivity contribution is 6.46. The first-order valence-corrected chi connectivity index (χ1v) is 10.7. The molecule has 2 aromatic carbocycles. The minimum Gasteiger partial charge on any atom is -0.507 e. The second-order valence-corrected chi connectivity index (χ2v) is 7.48. The number of aliphatic hydroxyl groups excluding tert-OH is 1. The maximum absolute atomic E-state index is 13.0. The van der Waals surface area contributed by atoms with Gasteiger partial charge in [-0.1, -0.05) is 24.3 Å². The molecule has 2 aromatic rings. The van der Waals surface area contributed by atoms with Crippen LogP contribution in [0.5, 0.6) is 5.75 Å². The van der Waals surface area contributed by atoms with Crippen molar-refractivity contribution in [1.29, 1.82) is 0 Å². The third-order valence-electron chi connectivity index (χ3n) is 5.76. The van der Waals surface area contributed by atoms with Gasteiger partial charge < -0.3 is 24.4 Å². The zero-order chi connectivity index (χ0) is 23.3. The number of aliphatic hydroxyl groups is 1. The fourth-order valence-corrected chi connectivity index (χ4v) is 4.03. The molecule has 7 nitrogen and oxygen atoms in total. The highest BCUT2D eigenvalue weighted by Gasteiger charge is 2.45. The Balaban J connectivity index is 2.11. The van der Waals surface area contributed by atoms with Gasteiger partial charge in [0.15, 0.2) is 0 Å². The van der Waals surface area contributed by atoms with Crippen LogP contribution in [0.15, 0.2) is 54.1 Å². The van der Waals surface area contributed by atoms with Crippen LogP contribution in [0.25, 0.3) is 5.76 Å². The molecule has 1 amide bonds. The molecule has 1 aliphatic rings. The SMILES string of the molecule is CCN(CC)c1ccc(C2/C(=C(/O)c3cccc(OC)c3)C(=O)C(=O)N2CCOC)cc1. The molecular weight excluding hydrogens is 408 g/mol. The first kappa shape index (κ1) is 23.3. The van der Waals surface area contributed by atoms with Crippen LogP contribution in [-0.4, -0.2) is 62.2 Å². The minimum atomic E-state index is -0.709. The molecule has 1 N–H and O–H groups in total. The monoisotopic (exact) mass is 438 g/mol. The molecule has 1 atom stereocenters. The van der Waals surface area contributed by atoms with Gasteiger partial charge in [0, 0.05) is 38.0 Å². The first-order valence-electron chi connectivity index (χ1n) is 10.7. The normalized spacial score (nSPS) is 17.6. The van der Waals surface area contributed by atoms with Crippen LogP contribution in [0.2, 0.25) is 0 Å². The number of ether oxygens (including phenoxy) is 2. The molecule has 1 unspecified atom stereocenters. The van der Waals surface area contributed by atoms with E-state index in [0.717, 1.165) is 24.3 Å². The molecule has 1 heterocycles. The number of hydrogen-bond acceptors (Lipinski definition) is 6. The van der Waals surface area contributed by atoms with Gasteiger partial charge in [-0.2, -0.15) is 0 Å². The number of methoxy groups -OCH3 is 2. The molecule has 0 spiro atoms. The van der Waals surface area contributed by atoms with Crippen molar-refractivity contribution < 1.29 is 24.2 Å². The van der Waals surface area contributed by atoms with Gasteiger partial charge in [0.1, 0.15) is 11.5 Å². The van der Waals surface area contributed by atoms with Crippen LogP contribution >= 0.6 is 0 Å². The number of Topliss-reactive ketones (excluding diaryl/α,β-unsaturated/α-hetero) is 1. The molecule has 0 bridgehead atoms. The molecule has 1 fully saturated rings. The van der Waals surface area contributed by atoms with Crippen molar-refractivity contribution >= 4 is 23.1 Å². The molecule has 0 aliphatic carbocycles. The van der Waals surface area contributed by atoms with E-state index in [-0.39, 0.29) is 24.5 Å². The van der Waals surface area contributed by atoms with Crippen molar-refractivity contribution in [3.63, 3.8) is 0 Å². The number of likely N-dealkylation sites (tertiary alicyclic amines) is 1. The number of ketones is 1. The third kappa shape index (κ3) is 4.48.